The average molecular weight is 266 g/mol. The van der Waals surface area contributed by atoms with Crippen molar-refractivity contribution < 1.29 is 0 Å². The largest absolute Gasteiger partial charge is 0.341 e. The second kappa shape index (κ2) is 5.87. The van der Waals surface area contributed by atoms with Crippen LogP contribution in [0.5, 0.6) is 0 Å². The van der Waals surface area contributed by atoms with Crippen molar-refractivity contribution in [1.82, 2.24) is 15.0 Å². The maximum Gasteiger partial charge on any atom is 0.231 e. The fourth-order valence-electron chi connectivity index (χ4n) is 1.87. The molecule has 6 heteroatoms. The third-order valence-corrected chi connectivity index (χ3v) is 3.00. The zero-order valence-electron chi connectivity index (χ0n) is 10.4. The Labute approximate surface area is 112 Å². The van der Waals surface area contributed by atoms with Crippen molar-refractivity contribution in [3.63, 3.8) is 0 Å². The smallest absolute Gasteiger partial charge is 0.231 e. The lowest BCUT2D eigenvalue weighted by Crippen LogP contribution is -2.31. The Morgan fingerprint density at radius 3 is 2.67 bits per heavy atom. The van der Waals surface area contributed by atoms with Gasteiger partial charge in [-0.25, -0.2) is 0 Å². The van der Waals surface area contributed by atoms with Crippen molar-refractivity contribution in [2.75, 3.05) is 23.3 Å². The normalized spacial score (nSPS) is 17.1. The van der Waals surface area contributed by atoms with E-state index >= 15 is 0 Å². The molecule has 2 heterocycles. The Balaban J connectivity index is 2.17. The first-order chi connectivity index (χ1) is 8.69. The van der Waals surface area contributed by atoms with E-state index in [0.717, 1.165) is 25.9 Å². The van der Waals surface area contributed by atoms with Gasteiger partial charge in [0.25, 0.3) is 0 Å². The van der Waals surface area contributed by atoms with E-state index in [0.29, 0.717) is 11.9 Å². The van der Waals surface area contributed by atoms with E-state index in [4.69, 9.17) is 18.0 Å². The molecule has 1 aromatic rings. The highest BCUT2D eigenvalue weighted by Gasteiger charge is 2.16. The molecule has 2 rings (SSSR count). The third-order valence-electron chi connectivity index (χ3n) is 2.83. The zero-order valence-corrected chi connectivity index (χ0v) is 11.1. The highest BCUT2D eigenvalue weighted by Crippen LogP contribution is 2.18. The number of anilines is 2. The number of terminal acetylenes is 1. The van der Waals surface area contributed by atoms with Crippen LogP contribution in [-0.4, -0.2) is 34.1 Å². The van der Waals surface area contributed by atoms with Gasteiger partial charge in [0.05, 0.1) is 6.04 Å². The molecule has 18 heavy (non-hydrogen) atoms. The van der Waals surface area contributed by atoms with Crippen LogP contribution in [0.2, 0.25) is 5.28 Å². The minimum atomic E-state index is -0.141. The molecule has 1 fully saturated rings. The summed E-state index contributed by atoms with van der Waals surface area (Å²) in [5.41, 5.74) is 0. The predicted octanol–water partition coefficient (Wildman–Crippen LogP) is 1.95. The van der Waals surface area contributed by atoms with Gasteiger partial charge in [0.2, 0.25) is 17.2 Å². The summed E-state index contributed by atoms with van der Waals surface area (Å²) in [4.78, 5) is 14.7. The number of nitrogens with one attached hydrogen (secondary N) is 1. The van der Waals surface area contributed by atoms with Gasteiger partial charge in [-0.15, -0.1) is 6.42 Å². The number of aromatic nitrogens is 3. The molecule has 0 saturated carbocycles. The molecule has 0 spiro atoms. The summed E-state index contributed by atoms with van der Waals surface area (Å²) in [7, 11) is 0. The van der Waals surface area contributed by atoms with Crippen LogP contribution in [0.15, 0.2) is 0 Å². The summed E-state index contributed by atoms with van der Waals surface area (Å²) < 4.78 is 0. The summed E-state index contributed by atoms with van der Waals surface area (Å²) in [6, 6.07) is -0.141. The molecule has 0 amide bonds. The molecule has 0 bridgehead atoms. The van der Waals surface area contributed by atoms with E-state index in [1.807, 2.05) is 6.92 Å². The second-order valence-corrected chi connectivity index (χ2v) is 4.65. The van der Waals surface area contributed by atoms with Crippen LogP contribution in [0, 0.1) is 12.3 Å². The van der Waals surface area contributed by atoms with Crippen LogP contribution in [0.4, 0.5) is 11.9 Å². The number of rotatable bonds is 3. The number of piperidine rings is 1. The molecule has 1 aliphatic heterocycles. The lowest BCUT2D eigenvalue weighted by Gasteiger charge is -2.26. The van der Waals surface area contributed by atoms with Gasteiger partial charge in [0.1, 0.15) is 0 Å². The second-order valence-electron chi connectivity index (χ2n) is 4.31. The van der Waals surface area contributed by atoms with Crippen LogP contribution in [0.3, 0.4) is 0 Å². The Morgan fingerprint density at radius 2 is 2.00 bits per heavy atom. The average Bonchev–Trinajstić information content (AvgIpc) is 2.39. The van der Waals surface area contributed by atoms with E-state index in [-0.39, 0.29) is 11.3 Å². The molecular formula is C12H16ClN5. The van der Waals surface area contributed by atoms with Crippen molar-refractivity contribution in [3.8, 4) is 12.3 Å². The van der Waals surface area contributed by atoms with Gasteiger partial charge in [-0.05, 0) is 37.8 Å². The van der Waals surface area contributed by atoms with Crippen LogP contribution < -0.4 is 10.2 Å². The topological polar surface area (TPSA) is 53.9 Å². The quantitative estimate of drug-likeness (QED) is 0.847. The number of hydrogen-bond donors (Lipinski definition) is 1. The summed E-state index contributed by atoms with van der Waals surface area (Å²) in [5.74, 6) is 3.62. The van der Waals surface area contributed by atoms with Gasteiger partial charge < -0.3 is 10.2 Å². The highest BCUT2D eigenvalue weighted by molar-refractivity contribution is 6.28. The van der Waals surface area contributed by atoms with Crippen molar-refractivity contribution in [3.05, 3.63) is 5.28 Å². The molecule has 1 atom stereocenters. The third kappa shape index (κ3) is 3.23. The Kier molecular flexibility index (Phi) is 4.21. The van der Waals surface area contributed by atoms with Crippen LogP contribution in [-0.2, 0) is 0 Å². The minimum Gasteiger partial charge on any atom is -0.341 e. The van der Waals surface area contributed by atoms with Crippen molar-refractivity contribution in [2.24, 2.45) is 0 Å². The van der Waals surface area contributed by atoms with Crippen molar-refractivity contribution in [1.29, 1.82) is 0 Å². The molecule has 0 aromatic carbocycles. The molecular weight excluding hydrogens is 250 g/mol. The molecule has 5 nitrogen and oxygen atoms in total. The summed E-state index contributed by atoms with van der Waals surface area (Å²) in [6.45, 7) is 3.78. The van der Waals surface area contributed by atoms with Crippen LogP contribution in [0.1, 0.15) is 26.2 Å². The van der Waals surface area contributed by atoms with Crippen molar-refractivity contribution >= 4 is 23.5 Å². The maximum absolute atomic E-state index is 5.92. The maximum atomic E-state index is 5.92. The summed E-state index contributed by atoms with van der Waals surface area (Å²) in [6.07, 6.45) is 8.89. The Hall–Kier alpha value is -1.54. The van der Waals surface area contributed by atoms with Gasteiger partial charge >= 0.3 is 0 Å². The van der Waals surface area contributed by atoms with Crippen molar-refractivity contribution in [2.45, 2.75) is 32.2 Å². The first kappa shape index (κ1) is 12.9. The first-order valence-corrected chi connectivity index (χ1v) is 6.46. The number of halogens is 1. The Morgan fingerprint density at radius 1 is 1.28 bits per heavy atom. The zero-order chi connectivity index (χ0) is 13.0. The molecule has 1 aliphatic rings. The molecule has 0 radical (unpaired) electrons. The lowest BCUT2D eigenvalue weighted by atomic mass is 10.1. The molecule has 1 N–H and O–H groups in total. The monoisotopic (exact) mass is 265 g/mol. The van der Waals surface area contributed by atoms with E-state index in [1.165, 1.54) is 6.42 Å². The Bertz CT molecular complexity index is 450. The summed E-state index contributed by atoms with van der Waals surface area (Å²) in [5, 5.41) is 3.19. The molecule has 1 aromatic heterocycles. The number of nitrogens with zero attached hydrogens (tertiary/aromatic N) is 4. The fourth-order valence-corrected chi connectivity index (χ4v) is 2.03. The van der Waals surface area contributed by atoms with Gasteiger partial charge in [-0.2, -0.15) is 15.0 Å². The standard InChI is InChI=1S/C12H16ClN5/c1-3-9(2)14-11-15-10(13)16-12(17-11)18-7-5-4-6-8-18/h1,9H,4-8H2,2H3,(H,14,15,16,17). The van der Waals surface area contributed by atoms with E-state index in [9.17, 15) is 0 Å². The minimum absolute atomic E-state index is 0.141. The molecule has 1 saturated heterocycles. The highest BCUT2D eigenvalue weighted by atomic mass is 35.5. The SMILES string of the molecule is C#CC(C)Nc1nc(Cl)nc(N2CCCCC2)n1. The van der Waals surface area contributed by atoms with Gasteiger partial charge in [-0.1, -0.05) is 5.92 Å². The van der Waals surface area contributed by atoms with E-state index in [1.54, 1.807) is 0 Å². The van der Waals surface area contributed by atoms with Crippen LogP contribution in [0.25, 0.3) is 0 Å². The lowest BCUT2D eigenvalue weighted by molar-refractivity contribution is 0.567. The predicted molar refractivity (Wildman–Crippen MR) is 72.8 cm³/mol. The molecule has 1 unspecified atom stereocenters. The van der Waals surface area contributed by atoms with Crippen LogP contribution >= 0.6 is 11.6 Å². The van der Waals surface area contributed by atoms with Gasteiger partial charge in [0.15, 0.2) is 0 Å². The number of hydrogen-bond acceptors (Lipinski definition) is 5. The van der Waals surface area contributed by atoms with E-state index in [2.05, 4.69) is 31.1 Å². The van der Waals surface area contributed by atoms with E-state index < -0.39 is 0 Å². The summed E-state index contributed by atoms with van der Waals surface area (Å²) >= 11 is 5.92. The first-order valence-electron chi connectivity index (χ1n) is 6.08. The van der Waals surface area contributed by atoms with Gasteiger partial charge in [0, 0.05) is 13.1 Å². The molecule has 96 valence electrons. The molecule has 0 aliphatic carbocycles. The van der Waals surface area contributed by atoms with Gasteiger partial charge in [-0.3, -0.25) is 0 Å². The fraction of sp³-hybridized carbons (Fsp3) is 0.583.